The number of anilines is 1. The summed E-state index contributed by atoms with van der Waals surface area (Å²) in [5.41, 5.74) is 1.30. The summed E-state index contributed by atoms with van der Waals surface area (Å²) < 4.78 is 12.1. The maximum Gasteiger partial charge on any atom is 0.419 e. The Morgan fingerprint density at radius 3 is 2.63 bits per heavy atom. The quantitative estimate of drug-likeness (QED) is 0.794. The van der Waals surface area contributed by atoms with Crippen LogP contribution in [-0.2, 0) is 15.1 Å². The van der Waals surface area contributed by atoms with Crippen LogP contribution in [0.25, 0.3) is 11.3 Å². The largest absolute Gasteiger partial charge is 0.443 e. The van der Waals surface area contributed by atoms with Crippen LogP contribution in [0.3, 0.4) is 0 Å². The minimum atomic E-state index is -0.843. The molecule has 7 nitrogen and oxygen atoms in total. The highest BCUT2D eigenvalue weighted by atomic mass is 16.6. The lowest BCUT2D eigenvalue weighted by Crippen LogP contribution is -2.34. The van der Waals surface area contributed by atoms with Crippen LogP contribution >= 0.6 is 0 Å². The van der Waals surface area contributed by atoms with E-state index in [0.29, 0.717) is 22.5 Å². The highest BCUT2D eigenvalue weighted by molar-refractivity contribution is 5.90. The number of rotatable bonds is 1. The molecular formula is C20H21N3O4. The average molecular weight is 367 g/mol. The molecule has 0 unspecified atom stereocenters. The first-order chi connectivity index (χ1) is 12.5. The Hall–Kier alpha value is -3.27. The second-order valence-corrected chi connectivity index (χ2v) is 7.83. The molecule has 0 fully saturated rings. The lowest BCUT2D eigenvalue weighted by Gasteiger charge is -2.32. The summed E-state index contributed by atoms with van der Waals surface area (Å²) in [5.74, 6) is 0. The second-order valence-electron chi connectivity index (χ2n) is 7.83. The summed E-state index contributed by atoms with van der Waals surface area (Å²) in [4.78, 5) is 24.3. The molecule has 1 N–H and O–H groups in total. The summed E-state index contributed by atoms with van der Waals surface area (Å²) in [7, 11) is 0. The predicted molar refractivity (Wildman–Crippen MR) is 99.3 cm³/mol. The number of amides is 1. The number of nitriles is 1. The smallest absolute Gasteiger partial charge is 0.419 e. The van der Waals surface area contributed by atoms with Gasteiger partial charge in [0.1, 0.15) is 17.3 Å². The van der Waals surface area contributed by atoms with Crippen molar-refractivity contribution < 1.29 is 19.1 Å². The van der Waals surface area contributed by atoms with E-state index >= 15 is 0 Å². The van der Waals surface area contributed by atoms with Crippen molar-refractivity contribution in [3.05, 3.63) is 41.6 Å². The molecule has 140 valence electrons. The molecule has 0 radical (unpaired) electrons. The van der Waals surface area contributed by atoms with E-state index < -0.39 is 23.4 Å². The third-order valence-corrected chi connectivity index (χ3v) is 4.12. The summed E-state index contributed by atoms with van der Waals surface area (Å²) >= 11 is 0. The molecule has 0 saturated heterocycles. The Kier molecular flexibility index (Phi) is 4.23. The van der Waals surface area contributed by atoms with Gasteiger partial charge in [-0.1, -0.05) is 6.07 Å². The van der Waals surface area contributed by atoms with Gasteiger partial charge in [0.2, 0.25) is 0 Å². The van der Waals surface area contributed by atoms with E-state index in [0.717, 1.165) is 5.56 Å². The molecule has 0 spiro atoms. The first-order valence-corrected chi connectivity index (χ1v) is 8.51. The highest BCUT2D eigenvalue weighted by Gasteiger charge is 2.34. The summed E-state index contributed by atoms with van der Waals surface area (Å²) in [6.45, 7) is 8.90. The molecule has 2 heterocycles. The Morgan fingerprint density at radius 2 is 2.00 bits per heavy atom. The fourth-order valence-electron chi connectivity index (χ4n) is 3.00. The summed E-state index contributed by atoms with van der Waals surface area (Å²) in [6, 6.07) is 8.98. The van der Waals surface area contributed by atoms with E-state index in [1.165, 1.54) is 10.8 Å². The average Bonchev–Trinajstić information content (AvgIpc) is 2.96. The summed E-state index contributed by atoms with van der Waals surface area (Å²) in [5, 5.41) is 12.1. The van der Waals surface area contributed by atoms with Gasteiger partial charge in [0, 0.05) is 17.3 Å². The molecule has 0 aliphatic carbocycles. The number of aromatic nitrogens is 1. The standard InChI is InChI=1S/C20H21N3O4/c1-19(2,3)27-18(25)23-9-8-13(11-21)16(23)12-6-7-15-14(10-12)20(4,5)26-17(24)22-15/h6-10H,1-5H3,(H,22,24). The van der Waals surface area contributed by atoms with E-state index in [2.05, 4.69) is 11.4 Å². The molecule has 1 aromatic carbocycles. The summed E-state index contributed by atoms with van der Waals surface area (Å²) in [6.07, 6.45) is 0.431. The molecule has 1 aromatic heterocycles. The van der Waals surface area contributed by atoms with E-state index in [1.807, 2.05) is 6.07 Å². The van der Waals surface area contributed by atoms with Gasteiger partial charge in [-0.2, -0.15) is 5.26 Å². The third-order valence-electron chi connectivity index (χ3n) is 4.12. The fourth-order valence-corrected chi connectivity index (χ4v) is 3.00. The lowest BCUT2D eigenvalue weighted by atomic mass is 9.92. The molecule has 1 aliphatic heterocycles. The van der Waals surface area contributed by atoms with Gasteiger partial charge in [0.05, 0.1) is 16.9 Å². The van der Waals surface area contributed by atoms with E-state index in [1.54, 1.807) is 52.8 Å². The van der Waals surface area contributed by atoms with Crippen LogP contribution in [0.5, 0.6) is 0 Å². The molecule has 7 heteroatoms. The van der Waals surface area contributed by atoms with Crippen molar-refractivity contribution >= 4 is 17.9 Å². The van der Waals surface area contributed by atoms with Gasteiger partial charge < -0.3 is 9.47 Å². The first-order valence-electron chi connectivity index (χ1n) is 8.51. The van der Waals surface area contributed by atoms with Crippen molar-refractivity contribution in [2.45, 2.75) is 45.8 Å². The van der Waals surface area contributed by atoms with Gasteiger partial charge in [-0.05, 0) is 52.8 Å². The van der Waals surface area contributed by atoms with Crippen molar-refractivity contribution in [3.63, 3.8) is 0 Å². The maximum atomic E-state index is 12.6. The number of benzene rings is 1. The predicted octanol–water partition coefficient (Wildman–Crippen LogP) is 4.61. The first kappa shape index (κ1) is 18.5. The number of carbonyl (C=O) groups excluding carboxylic acids is 2. The Morgan fingerprint density at radius 1 is 1.30 bits per heavy atom. The van der Waals surface area contributed by atoms with Gasteiger partial charge in [-0.25, -0.2) is 9.59 Å². The van der Waals surface area contributed by atoms with E-state index in [9.17, 15) is 14.9 Å². The number of nitrogens with zero attached hydrogens (tertiary/aromatic N) is 2. The van der Waals surface area contributed by atoms with Crippen LogP contribution in [0.2, 0.25) is 0 Å². The van der Waals surface area contributed by atoms with Gasteiger partial charge in [0.25, 0.3) is 0 Å². The number of ether oxygens (including phenoxy) is 2. The van der Waals surface area contributed by atoms with Crippen LogP contribution in [0, 0.1) is 11.3 Å². The minimum Gasteiger partial charge on any atom is -0.443 e. The normalized spacial score (nSPS) is 15.2. The molecule has 0 bridgehead atoms. The van der Waals surface area contributed by atoms with Gasteiger partial charge in [-0.3, -0.25) is 9.88 Å². The maximum absolute atomic E-state index is 12.6. The van der Waals surface area contributed by atoms with Crippen LogP contribution in [0.15, 0.2) is 30.5 Å². The van der Waals surface area contributed by atoms with E-state index in [4.69, 9.17) is 9.47 Å². The molecule has 2 aromatic rings. The molecule has 0 atom stereocenters. The topological polar surface area (TPSA) is 93.3 Å². The SMILES string of the molecule is CC(C)(C)OC(=O)n1ccc(C#N)c1-c1ccc2c(c1)C(C)(C)OC(=O)N2. The molecule has 3 rings (SSSR count). The van der Waals surface area contributed by atoms with Gasteiger partial charge in [0.15, 0.2) is 0 Å². The number of cyclic esters (lactones) is 1. The molecule has 1 aliphatic rings. The van der Waals surface area contributed by atoms with Crippen molar-refractivity contribution in [2.75, 3.05) is 5.32 Å². The van der Waals surface area contributed by atoms with Crippen LogP contribution in [0.1, 0.15) is 45.7 Å². The monoisotopic (exact) mass is 367 g/mol. The van der Waals surface area contributed by atoms with E-state index in [-0.39, 0.29) is 0 Å². The van der Waals surface area contributed by atoms with Gasteiger partial charge in [-0.15, -0.1) is 0 Å². The van der Waals surface area contributed by atoms with Crippen LogP contribution in [-0.4, -0.2) is 22.4 Å². The van der Waals surface area contributed by atoms with Crippen molar-refractivity contribution in [2.24, 2.45) is 0 Å². The fraction of sp³-hybridized carbons (Fsp3) is 0.350. The third kappa shape index (κ3) is 3.51. The number of fused-ring (bicyclic) bond motifs is 1. The Bertz CT molecular complexity index is 974. The molecule has 27 heavy (non-hydrogen) atoms. The molecule has 0 saturated carbocycles. The zero-order valence-electron chi connectivity index (χ0n) is 15.9. The van der Waals surface area contributed by atoms with Crippen molar-refractivity contribution in [1.82, 2.24) is 4.57 Å². The highest BCUT2D eigenvalue weighted by Crippen LogP contribution is 2.38. The van der Waals surface area contributed by atoms with Crippen LogP contribution in [0.4, 0.5) is 15.3 Å². The van der Waals surface area contributed by atoms with Crippen molar-refractivity contribution in [1.29, 1.82) is 5.26 Å². The zero-order chi connectivity index (χ0) is 20.0. The number of carbonyl (C=O) groups is 2. The number of hydrogen-bond donors (Lipinski definition) is 1. The number of nitrogens with one attached hydrogen (secondary N) is 1. The molecule has 1 amide bonds. The lowest BCUT2D eigenvalue weighted by molar-refractivity contribution is 0.0420. The Labute approximate surface area is 157 Å². The number of hydrogen-bond acceptors (Lipinski definition) is 5. The van der Waals surface area contributed by atoms with Gasteiger partial charge >= 0.3 is 12.2 Å². The Balaban J connectivity index is 2.13. The molecular weight excluding hydrogens is 346 g/mol. The zero-order valence-corrected chi connectivity index (χ0v) is 15.9. The minimum absolute atomic E-state index is 0.347. The second kappa shape index (κ2) is 6.16. The van der Waals surface area contributed by atoms with Crippen LogP contribution < -0.4 is 5.32 Å². The van der Waals surface area contributed by atoms with Crippen molar-refractivity contribution in [3.8, 4) is 17.3 Å².